The number of hydrogen-bond donors (Lipinski definition) is 2. The van der Waals surface area contributed by atoms with Gasteiger partial charge in [0.1, 0.15) is 5.41 Å². The third-order valence-electron chi connectivity index (χ3n) is 3.51. The van der Waals surface area contributed by atoms with Crippen molar-refractivity contribution >= 4 is 11.8 Å². The van der Waals surface area contributed by atoms with Gasteiger partial charge in [-0.1, -0.05) is 18.2 Å². The number of ketones is 1. The molecule has 2 N–H and O–H groups in total. The minimum Gasteiger partial charge on any atom is -0.468 e. The Morgan fingerprint density at radius 2 is 2.18 bits per heavy atom. The normalized spacial score (nSPS) is 39.9. The third kappa shape index (κ3) is 1.62. The second kappa shape index (κ2) is 4.09. The quantitative estimate of drug-likeness (QED) is 0.479. The zero-order chi connectivity index (χ0) is 12.6. The first-order valence-corrected chi connectivity index (χ1v) is 5.37. The van der Waals surface area contributed by atoms with Crippen LogP contribution < -0.4 is 0 Å². The maximum Gasteiger partial charge on any atom is 0.319 e. The molecule has 5 nitrogen and oxygen atoms in total. The molecule has 5 heteroatoms. The van der Waals surface area contributed by atoms with Gasteiger partial charge in [0.25, 0.3) is 0 Å². The van der Waals surface area contributed by atoms with E-state index in [0.717, 1.165) is 0 Å². The molecule has 0 amide bonds. The summed E-state index contributed by atoms with van der Waals surface area (Å²) in [6.07, 6.45) is 3.38. The molecule has 92 valence electrons. The van der Waals surface area contributed by atoms with Crippen LogP contribution in [-0.4, -0.2) is 41.3 Å². The van der Waals surface area contributed by atoms with Crippen LogP contribution in [0.1, 0.15) is 6.42 Å². The molecule has 2 aliphatic rings. The summed E-state index contributed by atoms with van der Waals surface area (Å²) in [6.45, 7) is 0. The molecule has 4 atom stereocenters. The highest BCUT2D eigenvalue weighted by molar-refractivity contribution is 5.95. The molecule has 0 fully saturated rings. The van der Waals surface area contributed by atoms with E-state index < -0.39 is 29.5 Å². The van der Waals surface area contributed by atoms with Crippen LogP contribution in [0.25, 0.3) is 0 Å². The molecule has 0 aliphatic heterocycles. The Labute approximate surface area is 98.4 Å². The Morgan fingerprint density at radius 3 is 2.82 bits per heavy atom. The van der Waals surface area contributed by atoms with Crippen molar-refractivity contribution in [2.75, 3.05) is 7.11 Å². The average Bonchev–Trinajstić information content (AvgIpc) is 2.33. The van der Waals surface area contributed by atoms with Gasteiger partial charge < -0.3 is 14.9 Å². The van der Waals surface area contributed by atoms with E-state index in [2.05, 4.69) is 0 Å². The summed E-state index contributed by atoms with van der Waals surface area (Å²) in [5.41, 5.74) is -1.35. The number of allylic oxidation sites excluding steroid dienone is 1. The summed E-state index contributed by atoms with van der Waals surface area (Å²) in [4.78, 5) is 23.3. The van der Waals surface area contributed by atoms with E-state index in [1.54, 1.807) is 0 Å². The molecule has 0 spiro atoms. The van der Waals surface area contributed by atoms with Crippen LogP contribution in [0.4, 0.5) is 0 Å². The van der Waals surface area contributed by atoms with Gasteiger partial charge >= 0.3 is 5.97 Å². The molecule has 2 aliphatic carbocycles. The number of hydrogen-bond acceptors (Lipinski definition) is 5. The monoisotopic (exact) mass is 238 g/mol. The van der Waals surface area contributed by atoms with Crippen LogP contribution >= 0.6 is 0 Å². The summed E-state index contributed by atoms with van der Waals surface area (Å²) < 4.78 is 4.70. The van der Waals surface area contributed by atoms with Crippen LogP contribution in [0.2, 0.25) is 0 Å². The fourth-order valence-electron chi connectivity index (χ4n) is 2.56. The molecule has 17 heavy (non-hydrogen) atoms. The SMILES string of the molecule is COC(=O)[C@@]12C=CC(=O)C[C@@H]1[C@H](O)C=C[C@@H]2O. The molecule has 2 rings (SSSR count). The van der Waals surface area contributed by atoms with Gasteiger partial charge in [0, 0.05) is 12.3 Å². The first kappa shape index (κ1) is 12.0. The Kier molecular flexibility index (Phi) is 2.89. The van der Waals surface area contributed by atoms with E-state index in [1.807, 2.05) is 0 Å². The predicted octanol–water partition coefficient (Wildman–Crippen LogP) is -0.417. The van der Waals surface area contributed by atoms with E-state index in [-0.39, 0.29) is 12.2 Å². The molecule has 0 heterocycles. The van der Waals surface area contributed by atoms with Crippen molar-refractivity contribution in [2.45, 2.75) is 18.6 Å². The van der Waals surface area contributed by atoms with Crippen molar-refractivity contribution in [1.82, 2.24) is 0 Å². The Balaban J connectivity index is 2.53. The first-order chi connectivity index (χ1) is 8.02. The van der Waals surface area contributed by atoms with Crippen LogP contribution in [0, 0.1) is 11.3 Å². The van der Waals surface area contributed by atoms with Crippen molar-refractivity contribution in [1.29, 1.82) is 0 Å². The van der Waals surface area contributed by atoms with Crippen molar-refractivity contribution in [3.63, 3.8) is 0 Å². The summed E-state index contributed by atoms with van der Waals surface area (Å²) in [6, 6.07) is 0. The van der Waals surface area contributed by atoms with Crippen molar-refractivity contribution in [3.8, 4) is 0 Å². The van der Waals surface area contributed by atoms with Gasteiger partial charge in [0.15, 0.2) is 5.78 Å². The number of carbonyl (C=O) groups is 2. The molecular formula is C12H14O5. The number of aliphatic hydroxyl groups excluding tert-OH is 2. The third-order valence-corrected chi connectivity index (χ3v) is 3.51. The van der Waals surface area contributed by atoms with E-state index >= 15 is 0 Å². The number of aliphatic hydroxyl groups is 2. The lowest BCUT2D eigenvalue weighted by Crippen LogP contribution is -2.54. The van der Waals surface area contributed by atoms with Crippen molar-refractivity contribution < 1.29 is 24.5 Å². The van der Waals surface area contributed by atoms with Gasteiger partial charge in [-0.15, -0.1) is 0 Å². The van der Waals surface area contributed by atoms with Crippen LogP contribution in [0.3, 0.4) is 0 Å². The number of carbonyl (C=O) groups excluding carboxylic acids is 2. The van der Waals surface area contributed by atoms with Gasteiger partial charge in [-0.25, -0.2) is 0 Å². The minimum atomic E-state index is -1.35. The highest BCUT2D eigenvalue weighted by Gasteiger charge is 2.55. The van der Waals surface area contributed by atoms with Crippen LogP contribution in [0.15, 0.2) is 24.3 Å². The van der Waals surface area contributed by atoms with Gasteiger partial charge in [-0.2, -0.15) is 0 Å². The fraction of sp³-hybridized carbons (Fsp3) is 0.500. The maximum atomic E-state index is 11.9. The summed E-state index contributed by atoms with van der Waals surface area (Å²) in [5, 5.41) is 19.9. The van der Waals surface area contributed by atoms with Crippen LogP contribution in [-0.2, 0) is 14.3 Å². The zero-order valence-corrected chi connectivity index (χ0v) is 9.37. The zero-order valence-electron chi connectivity index (χ0n) is 9.37. The van der Waals surface area contributed by atoms with Gasteiger partial charge in [0.05, 0.1) is 19.3 Å². The highest BCUT2D eigenvalue weighted by atomic mass is 16.5. The molecule has 0 radical (unpaired) electrons. The Morgan fingerprint density at radius 1 is 1.47 bits per heavy atom. The lowest BCUT2D eigenvalue weighted by Gasteiger charge is -2.44. The number of methoxy groups -OCH3 is 1. The number of rotatable bonds is 1. The molecule has 0 saturated carbocycles. The molecule has 0 saturated heterocycles. The van der Waals surface area contributed by atoms with Crippen LogP contribution in [0.5, 0.6) is 0 Å². The van der Waals surface area contributed by atoms with Gasteiger partial charge in [0.2, 0.25) is 0 Å². The Bertz CT molecular complexity index is 411. The second-order valence-electron chi connectivity index (χ2n) is 4.36. The predicted molar refractivity (Wildman–Crippen MR) is 57.9 cm³/mol. The number of esters is 1. The smallest absolute Gasteiger partial charge is 0.319 e. The lowest BCUT2D eigenvalue weighted by atomic mass is 9.61. The second-order valence-corrected chi connectivity index (χ2v) is 4.36. The number of fused-ring (bicyclic) bond motifs is 1. The standard InChI is InChI=1S/C12H14O5/c1-17-11(16)12-5-4-7(13)6-8(12)9(14)2-3-10(12)15/h2-5,8-10,14-15H,6H2,1H3/t8-,9-,10+,12+/m1/s1. The van der Waals surface area contributed by atoms with E-state index in [0.29, 0.717) is 0 Å². The largest absolute Gasteiger partial charge is 0.468 e. The Hall–Kier alpha value is -1.46. The molecule has 0 unspecified atom stereocenters. The first-order valence-electron chi connectivity index (χ1n) is 5.37. The molecule has 0 bridgehead atoms. The maximum absolute atomic E-state index is 11.9. The molecule has 0 aromatic carbocycles. The van der Waals surface area contributed by atoms with Crippen molar-refractivity contribution in [3.05, 3.63) is 24.3 Å². The molecule has 0 aromatic heterocycles. The van der Waals surface area contributed by atoms with Gasteiger partial charge in [-0.3, -0.25) is 9.59 Å². The summed E-state index contributed by atoms with van der Waals surface area (Å²) >= 11 is 0. The highest BCUT2D eigenvalue weighted by Crippen LogP contribution is 2.45. The van der Waals surface area contributed by atoms with E-state index in [4.69, 9.17) is 4.74 Å². The molecule has 0 aromatic rings. The van der Waals surface area contributed by atoms with E-state index in [9.17, 15) is 19.8 Å². The average molecular weight is 238 g/mol. The topological polar surface area (TPSA) is 83.8 Å². The van der Waals surface area contributed by atoms with Crippen molar-refractivity contribution in [2.24, 2.45) is 11.3 Å². The fourth-order valence-corrected chi connectivity index (χ4v) is 2.56. The minimum absolute atomic E-state index is 0.0220. The van der Waals surface area contributed by atoms with Gasteiger partial charge in [-0.05, 0) is 6.08 Å². The lowest BCUT2D eigenvalue weighted by molar-refractivity contribution is -0.163. The molecular weight excluding hydrogens is 224 g/mol. The number of ether oxygens (including phenoxy) is 1. The summed E-state index contributed by atoms with van der Waals surface area (Å²) in [7, 11) is 1.22. The van der Waals surface area contributed by atoms with E-state index in [1.165, 1.54) is 31.4 Å². The summed E-state index contributed by atoms with van der Waals surface area (Å²) in [5.74, 6) is -1.48.